The average Bonchev–Trinajstić information content (AvgIpc) is 3.60. The van der Waals surface area contributed by atoms with E-state index in [-0.39, 0.29) is 44.8 Å². The van der Waals surface area contributed by atoms with Gasteiger partial charge in [0.1, 0.15) is 27.5 Å². The van der Waals surface area contributed by atoms with E-state index in [2.05, 4.69) is 5.10 Å². The van der Waals surface area contributed by atoms with E-state index in [1.54, 1.807) is 37.0 Å². The number of carbonyl (C=O) groups is 1. The van der Waals surface area contributed by atoms with Gasteiger partial charge in [-0.2, -0.15) is 23.9 Å². The van der Waals surface area contributed by atoms with Crippen molar-refractivity contribution in [2.24, 2.45) is 5.92 Å². The molecule has 2 atom stereocenters. The lowest BCUT2D eigenvalue weighted by Crippen LogP contribution is -2.44. The molecule has 1 aromatic carbocycles. The number of fused-ring (bicyclic) bond motifs is 1. The van der Waals surface area contributed by atoms with Crippen LogP contribution >= 0.6 is 24.8 Å². The van der Waals surface area contributed by atoms with E-state index in [0.717, 1.165) is 23.8 Å². The van der Waals surface area contributed by atoms with Crippen LogP contribution in [0, 0.1) is 30.0 Å². The molecule has 1 aliphatic rings. The molecule has 228 valence electrons. The van der Waals surface area contributed by atoms with Crippen LogP contribution in [0.5, 0.6) is 5.75 Å². The van der Waals surface area contributed by atoms with Crippen molar-refractivity contribution < 1.29 is 18.7 Å². The molecule has 3 heterocycles. The molecular formula is C30H34FN5O5S2. The summed E-state index contributed by atoms with van der Waals surface area (Å²) in [6, 6.07) is 6.80. The van der Waals surface area contributed by atoms with Crippen LogP contribution in [0.1, 0.15) is 62.3 Å². The van der Waals surface area contributed by atoms with Crippen LogP contribution in [0.4, 0.5) is 4.39 Å². The van der Waals surface area contributed by atoms with Crippen LogP contribution in [0.25, 0.3) is 15.2 Å². The maximum atomic E-state index is 14.4. The fourth-order valence-corrected chi connectivity index (χ4v) is 6.61. The van der Waals surface area contributed by atoms with Crippen LogP contribution in [-0.4, -0.2) is 38.4 Å². The van der Waals surface area contributed by atoms with E-state index < -0.39 is 29.2 Å². The van der Waals surface area contributed by atoms with Gasteiger partial charge in [-0.25, -0.2) is 18.4 Å². The molecule has 0 bridgehead atoms. The summed E-state index contributed by atoms with van der Waals surface area (Å²) < 4.78 is 30.0. The van der Waals surface area contributed by atoms with Crippen molar-refractivity contribution in [3.05, 3.63) is 74.4 Å². The van der Waals surface area contributed by atoms with Crippen molar-refractivity contribution in [1.82, 2.24) is 18.9 Å². The van der Waals surface area contributed by atoms with Gasteiger partial charge < -0.3 is 9.47 Å². The molecule has 0 radical (unpaired) electrons. The lowest BCUT2D eigenvalue weighted by Gasteiger charge is -2.26. The molecule has 3 aromatic heterocycles. The first-order valence-corrected chi connectivity index (χ1v) is 14.7. The van der Waals surface area contributed by atoms with E-state index in [0.29, 0.717) is 38.5 Å². The number of halogens is 1. The van der Waals surface area contributed by atoms with Gasteiger partial charge in [-0.05, 0) is 44.0 Å². The lowest BCUT2D eigenvalue weighted by molar-refractivity contribution is -0.123. The van der Waals surface area contributed by atoms with Gasteiger partial charge in [-0.3, -0.25) is 14.2 Å². The molecule has 1 fully saturated rings. The van der Waals surface area contributed by atoms with E-state index in [4.69, 9.17) is 14.7 Å². The summed E-state index contributed by atoms with van der Waals surface area (Å²) in [5, 5.41) is 14.4. The smallest absolute Gasteiger partial charge is 0.332 e. The van der Waals surface area contributed by atoms with Gasteiger partial charge in [-0.15, -0.1) is 0 Å². The fourth-order valence-electron chi connectivity index (χ4n) is 5.37. The molecule has 0 spiro atoms. The zero-order valence-corrected chi connectivity index (χ0v) is 26.0. The minimum atomic E-state index is -0.977. The van der Waals surface area contributed by atoms with Crippen molar-refractivity contribution in [1.29, 1.82) is 5.26 Å². The number of methoxy groups -OCH3 is 1. The quantitative estimate of drug-likeness (QED) is 0.203. The molecule has 13 heteroatoms. The topological polar surface area (TPSA) is 121 Å². The summed E-state index contributed by atoms with van der Waals surface area (Å²) in [5.41, 5.74) is -0.240. The van der Waals surface area contributed by atoms with Crippen LogP contribution in [0.15, 0.2) is 46.2 Å². The summed E-state index contributed by atoms with van der Waals surface area (Å²) in [6.07, 6.45) is 5.84. The number of ether oxygens (including phenoxy) is 2. The van der Waals surface area contributed by atoms with Crippen molar-refractivity contribution in [3.8, 4) is 16.8 Å². The Morgan fingerprint density at radius 3 is 2.70 bits per heavy atom. The van der Waals surface area contributed by atoms with Gasteiger partial charge in [0.2, 0.25) is 0 Å². The van der Waals surface area contributed by atoms with Gasteiger partial charge in [0.25, 0.3) is 5.56 Å². The van der Waals surface area contributed by atoms with Crippen molar-refractivity contribution in [2.75, 3.05) is 13.7 Å². The van der Waals surface area contributed by atoms with Crippen LogP contribution < -0.4 is 16.0 Å². The molecule has 10 nitrogen and oxygen atoms in total. The monoisotopic (exact) mass is 627 g/mol. The van der Waals surface area contributed by atoms with Crippen molar-refractivity contribution >= 4 is 40.8 Å². The highest BCUT2D eigenvalue weighted by atomic mass is 32.1. The minimum Gasteiger partial charge on any atom is -0.496 e. The summed E-state index contributed by atoms with van der Waals surface area (Å²) in [5.74, 6) is -0.0715. The second kappa shape index (κ2) is 13.7. The van der Waals surface area contributed by atoms with E-state index >= 15 is 0 Å². The van der Waals surface area contributed by atoms with Crippen LogP contribution in [0.2, 0.25) is 0 Å². The largest absolute Gasteiger partial charge is 0.496 e. The molecule has 1 saturated carbocycles. The summed E-state index contributed by atoms with van der Waals surface area (Å²) in [6.45, 7) is 3.28. The predicted octanol–water partition coefficient (Wildman–Crippen LogP) is 4.97. The SMILES string of the molecule is COc1ccc(F)cc1[C@H](Cn1c(=O)n([C@@H](C)C(=O)CC2CCC2)c(=O)c2c(C)c(-n3cccn3)sc21)OCCC#N.S. The molecule has 4 aromatic rings. The molecule has 1 aliphatic carbocycles. The first-order valence-electron chi connectivity index (χ1n) is 13.9. The molecule has 5 rings (SSSR count). The zero-order chi connectivity index (χ0) is 30.0. The number of ketones is 1. The third-order valence-electron chi connectivity index (χ3n) is 7.92. The van der Waals surface area contributed by atoms with Crippen LogP contribution in [0.3, 0.4) is 0 Å². The zero-order valence-electron chi connectivity index (χ0n) is 24.2. The number of hydrogen-bond donors (Lipinski definition) is 0. The molecule has 0 unspecified atom stereocenters. The third-order valence-corrected chi connectivity index (χ3v) is 9.22. The Balaban J connectivity index is 0.00000423. The minimum absolute atomic E-state index is 0. The Morgan fingerprint density at radius 1 is 1.30 bits per heavy atom. The first-order chi connectivity index (χ1) is 20.2. The van der Waals surface area contributed by atoms with Gasteiger partial charge in [0.05, 0.1) is 44.2 Å². The number of nitriles is 1. The number of Topliss-reactive ketones (excluding diaryl/α,β-unsaturated/α-hetero) is 1. The van der Waals surface area contributed by atoms with E-state index in [9.17, 15) is 18.8 Å². The highest BCUT2D eigenvalue weighted by Crippen LogP contribution is 2.35. The van der Waals surface area contributed by atoms with E-state index in [1.165, 1.54) is 41.2 Å². The normalized spacial score (nSPS) is 14.5. The summed E-state index contributed by atoms with van der Waals surface area (Å²) >= 11 is 1.22. The number of thiophene rings is 1. The number of carbonyl (C=O) groups excluding carboxylic acids is 1. The standard InChI is InChI=1S/C30H32FN5O5S.H2S/c1-18-26-27(38)36(19(2)23(37)15-20-7-4-8-20)30(39)34(29(26)42-28(18)35-13-6-12-33-35)17-25(41-14-5-11-32)22-16-21(31)9-10-24(22)40-3;/h6,9-10,12-13,16,19-20,25H,4-5,7-8,14-15,17H2,1-3H3;1H2/t19-,25-;/m0./s1. The predicted molar refractivity (Wildman–Crippen MR) is 166 cm³/mol. The molecule has 0 amide bonds. The second-order valence-electron chi connectivity index (χ2n) is 10.5. The Hall–Kier alpha value is -3.73. The maximum Gasteiger partial charge on any atom is 0.332 e. The molecular weight excluding hydrogens is 593 g/mol. The average molecular weight is 628 g/mol. The van der Waals surface area contributed by atoms with Gasteiger partial charge >= 0.3 is 5.69 Å². The first kappa shape index (κ1) is 32.2. The molecule has 43 heavy (non-hydrogen) atoms. The molecule has 0 saturated heterocycles. The summed E-state index contributed by atoms with van der Waals surface area (Å²) in [4.78, 5) is 41.8. The maximum absolute atomic E-state index is 14.4. The van der Waals surface area contributed by atoms with Gasteiger partial charge in [-0.1, -0.05) is 30.6 Å². The van der Waals surface area contributed by atoms with Crippen molar-refractivity contribution in [2.45, 2.75) is 64.6 Å². The molecule has 0 aliphatic heterocycles. The second-order valence-corrected chi connectivity index (χ2v) is 11.5. The Labute approximate surface area is 258 Å². The number of aryl methyl sites for hydroxylation is 1. The Kier molecular flexibility index (Phi) is 10.3. The molecule has 0 N–H and O–H groups in total. The fraction of sp³-hybridized carbons (Fsp3) is 0.433. The van der Waals surface area contributed by atoms with Gasteiger partial charge in [0.15, 0.2) is 5.78 Å². The van der Waals surface area contributed by atoms with Gasteiger partial charge in [0, 0.05) is 29.9 Å². The van der Waals surface area contributed by atoms with Crippen LogP contribution in [-0.2, 0) is 16.1 Å². The lowest BCUT2D eigenvalue weighted by atomic mass is 9.81. The highest BCUT2D eigenvalue weighted by Gasteiger charge is 2.30. The van der Waals surface area contributed by atoms with Crippen molar-refractivity contribution in [3.63, 3.8) is 0 Å². The third kappa shape index (κ3) is 6.32. The number of hydrogen-bond acceptors (Lipinski definition) is 8. The number of rotatable bonds is 12. The van der Waals surface area contributed by atoms with E-state index in [1.807, 2.05) is 6.07 Å². The highest BCUT2D eigenvalue weighted by molar-refractivity contribution is 7.59. The summed E-state index contributed by atoms with van der Waals surface area (Å²) in [7, 11) is 1.45. The Bertz CT molecular complexity index is 1770. The number of benzene rings is 1. The Morgan fingerprint density at radius 2 is 2.07 bits per heavy atom. The number of nitrogens with zero attached hydrogens (tertiary/aromatic N) is 5. The number of aromatic nitrogens is 4.